The van der Waals surface area contributed by atoms with E-state index in [2.05, 4.69) is 39.5 Å². The highest BCUT2D eigenvalue weighted by Gasteiger charge is 2.29. The van der Waals surface area contributed by atoms with Crippen molar-refractivity contribution in [3.8, 4) is 0 Å². The lowest BCUT2D eigenvalue weighted by atomic mass is 9.78. The molecule has 0 fully saturated rings. The van der Waals surface area contributed by atoms with Crippen molar-refractivity contribution in [3.63, 3.8) is 0 Å². The first-order valence-corrected chi connectivity index (χ1v) is 16.0. The molecule has 40 heavy (non-hydrogen) atoms. The van der Waals surface area contributed by atoms with Crippen molar-refractivity contribution in [3.05, 3.63) is 36.0 Å². The van der Waals surface area contributed by atoms with Crippen molar-refractivity contribution in [2.45, 2.75) is 137 Å². The van der Waals surface area contributed by atoms with Crippen LogP contribution >= 0.6 is 0 Å². The third-order valence-electron chi connectivity index (χ3n) is 8.54. The Balaban J connectivity index is 5.10. The van der Waals surface area contributed by atoms with Crippen LogP contribution in [0.5, 0.6) is 0 Å². The molecule has 0 radical (unpaired) electrons. The van der Waals surface area contributed by atoms with E-state index >= 15 is 0 Å². The second-order valence-corrected chi connectivity index (χ2v) is 12.4. The van der Waals surface area contributed by atoms with Crippen molar-refractivity contribution in [2.24, 2.45) is 29.6 Å². The van der Waals surface area contributed by atoms with Gasteiger partial charge >= 0.3 is 11.9 Å². The largest absolute Gasteiger partial charge is 0.481 e. The SMILES string of the molecule is C=CCCCC(C)CC/C=C(\C)CCCC(C(=O)O)C(CCC(C)C(=O)O)/C(C)=C/CCC(C)CCCCCO. The third-order valence-corrected chi connectivity index (χ3v) is 8.54. The van der Waals surface area contributed by atoms with Crippen LogP contribution in [0.3, 0.4) is 0 Å². The van der Waals surface area contributed by atoms with Gasteiger partial charge in [0.1, 0.15) is 0 Å². The van der Waals surface area contributed by atoms with Gasteiger partial charge in [0, 0.05) is 6.61 Å². The number of aliphatic hydroxyl groups excluding tert-OH is 1. The number of carboxylic acids is 2. The minimum absolute atomic E-state index is 0.139. The van der Waals surface area contributed by atoms with E-state index in [9.17, 15) is 19.8 Å². The summed E-state index contributed by atoms with van der Waals surface area (Å²) in [5.74, 6) is -1.41. The summed E-state index contributed by atoms with van der Waals surface area (Å²) >= 11 is 0. The molecule has 0 aliphatic heterocycles. The normalized spacial score (nSPS) is 16.2. The maximum Gasteiger partial charge on any atom is 0.307 e. The Bertz CT molecular complexity index is 753. The highest BCUT2D eigenvalue weighted by molar-refractivity contribution is 5.71. The minimum Gasteiger partial charge on any atom is -0.481 e. The van der Waals surface area contributed by atoms with Crippen LogP contribution in [-0.4, -0.2) is 33.9 Å². The maximum atomic E-state index is 12.4. The number of carboxylic acid groups (broad SMARTS) is 2. The van der Waals surface area contributed by atoms with Gasteiger partial charge in [-0.05, 0) is 109 Å². The van der Waals surface area contributed by atoms with Crippen LogP contribution in [0.15, 0.2) is 36.0 Å². The number of rotatable bonds is 26. The molecule has 5 nitrogen and oxygen atoms in total. The Labute approximate surface area is 246 Å². The first-order valence-electron chi connectivity index (χ1n) is 16.0. The molecule has 232 valence electrons. The highest BCUT2D eigenvalue weighted by atomic mass is 16.4. The first-order chi connectivity index (χ1) is 19.0. The average molecular weight is 563 g/mol. The molecule has 5 atom stereocenters. The Morgan fingerprint density at radius 3 is 1.88 bits per heavy atom. The number of hydrogen-bond acceptors (Lipinski definition) is 3. The predicted octanol–water partition coefficient (Wildman–Crippen LogP) is 9.61. The second-order valence-electron chi connectivity index (χ2n) is 12.4. The summed E-state index contributed by atoms with van der Waals surface area (Å²) in [6, 6.07) is 0. The summed E-state index contributed by atoms with van der Waals surface area (Å²) < 4.78 is 0. The number of unbranched alkanes of at least 4 members (excludes halogenated alkanes) is 3. The molecule has 0 saturated carbocycles. The van der Waals surface area contributed by atoms with Gasteiger partial charge in [-0.25, -0.2) is 0 Å². The van der Waals surface area contributed by atoms with Crippen LogP contribution < -0.4 is 0 Å². The van der Waals surface area contributed by atoms with Gasteiger partial charge in [-0.2, -0.15) is 0 Å². The van der Waals surface area contributed by atoms with E-state index in [1.807, 2.05) is 13.0 Å². The maximum absolute atomic E-state index is 12.4. The molecule has 5 heteroatoms. The topological polar surface area (TPSA) is 94.8 Å². The van der Waals surface area contributed by atoms with Crippen molar-refractivity contribution in [1.29, 1.82) is 0 Å². The van der Waals surface area contributed by atoms with Crippen LogP contribution in [0, 0.1) is 29.6 Å². The van der Waals surface area contributed by atoms with Gasteiger partial charge in [0.25, 0.3) is 0 Å². The molecule has 0 aromatic rings. The van der Waals surface area contributed by atoms with Gasteiger partial charge in [0.05, 0.1) is 11.8 Å². The zero-order valence-corrected chi connectivity index (χ0v) is 26.5. The summed E-state index contributed by atoms with van der Waals surface area (Å²) in [6.07, 6.45) is 21.9. The Morgan fingerprint density at radius 2 is 1.30 bits per heavy atom. The van der Waals surface area contributed by atoms with Crippen molar-refractivity contribution in [2.75, 3.05) is 6.61 Å². The molecule has 0 spiro atoms. The quantitative estimate of drug-likeness (QED) is 0.0720. The van der Waals surface area contributed by atoms with Crippen LogP contribution in [0.1, 0.15) is 137 Å². The third kappa shape index (κ3) is 19.2. The van der Waals surface area contributed by atoms with E-state index in [-0.39, 0.29) is 12.5 Å². The summed E-state index contributed by atoms with van der Waals surface area (Å²) in [6.45, 7) is 14.5. The van der Waals surface area contributed by atoms with Crippen LogP contribution in [0.4, 0.5) is 0 Å². The Hall–Kier alpha value is -1.88. The van der Waals surface area contributed by atoms with Gasteiger partial charge in [0.15, 0.2) is 0 Å². The molecule has 0 aromatic carbocycles. The molecule has 3 N–H and O–H groups in total. The smallest absolute Gasteiger partial charge is 0.307 e. The molecule has 0 aromatic heterocycles. The minimum atomic E-state index is -0.821. The number of aliphatic hydroxyl groups is 1. The molecule has 0 aliphatic carbocycles. The van der Waals surface area contributed by atoms with Gasteiger partial charge in [-0.1, -0.05) is 75.8 Å². The van der Waals surface area contributed by atoms with E-state index in [1.54, 1.807) is 6.92 Å². The van der Waals surface area contributed by atoms with E-state index < -0.39 is 23.8 Å². The van der Waals surface area contributed by atoms with E-state index in [1.165, 1.54) is 24.8 Å². The summed E-state index contributed by atoms with van der Waals surface area (Å²) in [5, 5.41) is 28.5. The van der Waals surface area contributed by atoms with Gasteiger partial charge in [0.2, 0.25) is 0 Å². The lowest BCUT2D eigenvalue weighted by Crippen LogP contribution is -2.26. The van der Waals surface area contributed by atoms with Crippen molar-refractivity contribution >= 4 is 11.9 Å². The molecule has 0 bridgehead atoms. The fourth-order valence-electron chi connectivity index (χ4n) is 5.54. The molecule has 5 unspecified atom stereocenters. The average Bonchev–Trinajstić information content (AvgIpc) is 2.89. The fraction of sp³-hybridized carbons (Fsp3) is 0.771. The highest BCUT2D eigenvalue weighted by Crippen LogP contribution is 2.33. The summed E-state index contributed by atoms with van der Waals surface area (Å²) in [7, 11) is 0. The van der Waals surface area contributed by atoms with E-state index in [4.69, 9.17) is 5.11 Å². The van der Waals surface area contributed by atoms with Crippen LogP contribution in [-0.2, 0) is 9.59 Å². The van der Waals surface area contributed by atoms with Crippen molar-refractivity contribution < 1.29 is 24.9 Å². The Kier molecular flexibility index (Phi) is 22.7. The van der Waals surface area contributed by atoms with Gasteiger partial charge in [-0.3, -0.25) is 9.59 Å². The Morgan fingerprint density at radius 1 is 0.675 bits per heavy atom. The lowest BCUT2D eigenvalue weighted by Gasteiger charge is -2.26. The predicted molar refractivity (Wildman–Crippen MR) is 168 cm³/mol. The zero-order valence-electron chi connectivity index (χ0n) is 26.5. The standard InChI is InChI=1S/C35H62O5/c1-7-8-10-16-27(2)18-13-19-29(4)21-15-23-33(35(39)40)32(25-24-31(6)34(37)38)30(5)22-14-20-28(3)17-11-9-12-26-36/h7,19,22,27-28,31-33,36H,1,8-18,20-21,23-26H2,2-6H3,(H,37,38)(H,39,40)/b29-19+,30-22+. The monoisotopic (exact) mass is 562 g/mol. The first kappa shape index (κ1) is 38.1. The molecule has 0 aliphatic rings. The zero-order chi connectivity index (χ0) is 30.3. The molecule has 0 heterocycles. The number of carbonyl (C=O) groups is 2. The number of allylic oxidation sites excluding steroid dienone is 5. The molecular weight excluding hydrogens is 500 g/mol. The van der Waals surface area contributed by atoms with E-state index in [0.717, 1.165) is 69.8 Å². The van der Waals surface area contributed by atoms with Crippen LogP contribution in [0.25, 0.3) is 0 Å². The molecular formula is C35H62O5. The van der Waals surface area contributed by atoms with Crippen molar-refractivity contribution in [1.82, 2.24) is 0 Å². The molecule has 0 rings (SSSR count). The van der Waals surface area contributed by atoms with Gasteiger partial charge < -0.3 is 15.3 Å². The second kappa shape index (κ2) is 23.8. The van der Waals surface area contributed by atoms with E-state index in [0.29, 0.717) is 31.1 Å². The number of aliphatic carboxylic acids is 2. The van der Waals surface area contributed by atoms with Gasteiger partial charge in [-0.15, -0.1) is 6.58 Å². The summed E-state index contributed by atoms with van der Waals surface area (Å²) in [4.78, 5) is 23.9. The molecule has 0 amide bonds. The lowest BCUT2D eigenvalue weighted by molar-refractivity contribution is -0.143. The molecule has 0 saturated heterocycles. The number of hydrogen-bond donors (Lipinski definition) is 3. The fourth-order valence-corrected chi connectivity index (χ4v) is 5.54. The summed E-state index contributed by atoms with van der Waals surface area (Å²) in [5.41, 5.74) is 2.42. The van der Waals surface area contributed by atoms with Crippen LogP contribution in [0.2, 0.25) is 0 Å².